The lowest BCUT2D eigenvalue weighted by Crippen LogP contribution is -2.59. The summed E-state index contributed by atoms with van der Waals surface area (Å²) in [5.41, 5.74) is 0. The smallest absolute Gasteiger partial charge is 0.359 e. The molecule has 0 atom stereocenters. The van der Waals surface area contributed by atoms with Crippen LogP contribution >= 0.6 is 0 Å². The Morgan fingerprint density at radius 1 is 0.568 bits per heavy atom. The molecule has 0 fully saturated rings. The molecule has 0 radical (unpaired) electrons. The summed E-state index contributed by atoms with van der Waals surface area (Å²) in [6.07, 6.45) is 29.2. The van der Waals surface area contributed by atoms with Crippen molar-refractivity contribution in [2.45, 2.75) is 135 Å². The number of carbonyl (C=O) groups excluding carboxylic acids is 1. The minimum atomic E-state index is -1.42. The van der Waals surface area contributed by atoms with Crippen LogP contribution in [0.15, 0.2) is 12.2 Å². The third-order valence-corrected chi connectivity index (χ3v) is 7.05. The van der Waals surface area contributed by atoms with Crippen molar-refractivity contribution in [2.24, 2.45) is 0 Å². The summed E-state index contributed by atoms with van der Waals surface area (Å²) in [4.78, 5) is 33.4. The van der Waals surface area contributed by atoms with Crippen LogP contribution in [0.2, 0.25) is 0 Å². The summed E-state index contributed by atoms with van der Waals surface area (Å²) in [7, 11) is 0. The number of carbonyl (C=O) groups is 3. The molecule has 216 valence electrons. The number of rotatable bonds is 28. The fraction of sp³-hybridized carbons (Fsp3) is 0.833. The fourth-order valence-corrected chi connectivity index (χ4v) is 4.99. The predicted molar refractivity (Wildman–Crippen MR) is 147 cm³/mol. The first-order valence-corrected chi connectivity index (χ1v) is 14.9. The molecule has 0 rings (SSSR count). The van der Waals surface area contributed by atoms with E-state index in [1.807, 2.05) is 0 Å². The van der Waals surface area contributed by atoms with Gasteiger partial charge in [0.05, 0.1) is 12.5 Å². The Hall–Kier alpha value is -1.89. The van der Waals surface area contributed by atoms with E-state index in [-0.39, 0.29) is 6.54 Å². The lowest BCUT2D eigenvalue weighted by molar-refractivity contribution is -0.909. The van der Waals surface area contributed by atoms with Gasteiger partial charge in [-0.3, -0.25) is 0 Å². The highest BCUT2D eigenvalue weighted by atomic mass is 16.4. The lowest BCUT2D eigenvalue weighted by Gasteiger charge is -2.36. The first-order chi connectivity index (χ1) is 17.8. The van der Waals surface area contributed by atoms with E-state index in [1.54, 1.807) is 0 Å². The average molecular weight is 526 g/mol. The van der Waals surface area contributed by atoms with Crippen LogP contribution in [-0.2, 0) is 14.4 Å². The quantitative estimate of drug-likeness (QED) is 0.0724. The average Bonchev–Trinajstić information content (AvgIpc) is 2.81. The molecule has 0 aromatic rings. The molecule has 0 aliphatic carbocycles. The van der Waals surface area contributed by atoms with Crippen LogP contribution in [0.4, 0.5) is 0 Å². The van der Waals surface area contributed by atoms with E-state index in [0.717, 1.165) is 19.3 Å². The van der Waals surface area contributed by atoms with Crippen LogP contribution in [-0.4, -0.2) is 58.8 Å². The van der Waals surface area contributed by atoms with Crippen LogP contribution < -0.4 is 5.11 Å². The Labute approximate surface area is 225 Å². The van der Waals surface area contributed by atoms with Gasteiger partial charge in [0.15, 0.2) is 13.1 Å². The van der Waals surface area contributed by atoms with Crippen molar-refractivity contribution in [3.05, 3.63) is 12.2 Å². The molecule has 0 unspecified atom stereocenters. The van der Waals surface area contributed by atoms with Gasteiger partial charge < -0.3 is 24.6 Å². The summed E-state index contributed by atoms with van der Waals surface area (Å²) in [6, 6.07) is 0. The Morgan fingerprint density at radius 2 is 0.919 bits per heavy atom. The van der Waals surface area contributed by atoms with E-state index in [2.05, 4.69) is 19.1 Å². The fourth-order valence-electron chi connectivity index (χ4n) is 4.99. The molecule has 37 heavy (non-hydrogen) atoms. The third-order valence-electron chi connectivity index (χ3n) is 7.05. The van der Waals surface area contributed by atoms with Crippen molar-refractivity contribution in [1.29, 1.82) is 0 Å². The van der Waals surface area contributed by atoms with Gasteiger partial charge in [-0.1, -0.05) is 115 Å². The van der Waals surface area contributed by atoms with Crippen LogP contribution in [0.3, 0.4) is 0 Å². The minimum absolute atomic E-state index is 0.225. The van der Waals surface area contributed by atoms with Crippen molar-refractivity contribution in [2.75, 3.05) is 26.2 Å². The monoisotopic (exact) mass is 525 g/mol. The van der Waals surface area contributed by atoms with Gasteiger partial charge in [-0.25, -0.2) is 9.59 Å². The Balaban J connectivity index is 3.62. The minimum Gasteiger partial charge on any atom is -0.544 e. The molecular weight excluding hydrogens is 470 g/mol. The molecule has 0 aliphatic heterocycles. The van der Waals surface area contributed by atoms with E-state index in [9.17, 15) is 19.5 Å². The summed E-state index contributed by atoms with van der Waals surface area (Å²) < 4.78 is -0.496. The SMILES string of the molecule is CCCC/C=C/CCCCCCCCCCCCCCCCCC[N+](CC(=O)[O-])(CC(=O)O)CC(=O)O. The Kier molecular flexibility index (Phi) is 23.2. The zero-order valence-electron chi connectivity index (χ0n) is 23.6. The molecular formula is C30H55NO6. The highest BCUT2D eigenvalue weighted by Gasteiger charge is 2.33. The Morgan fingerprint density at radius 3 is 1.27 bits per heavy atom. The largest absolute Gasteiger partial charge is 0.544 e. The number of carboxylic acid groups (broad SMARTS) is 3. The second kappa shape index (κ2) is 24.4. The Bertz CT molecular complexity index is 578. The molecule has 0 amide bonds. The van der Waals surface area contributed by atoms with Gasteiger partial charge in [-0.15, -0.1) is 0 Å². The number of hydrogen-bond donors (Lipinski definition) is 2. The predicted octanol–water partition coefficient (Wildman–Crippen LogP) is 6.10. The molecule has 0 spiro atoms. The summed E-state index contributed by atoms with van der Waals surface area (Å²) in [5.74, 6) is -3.81. The molecule has 0 saturated carbocycles. The van der Waals surface area contributed by atoms with Gasteiger partial charge in [0, 0.05) is 0 Å². The van der Waals surface area contributed by atoms with Crippen LogP contribution in [0.1, 0.15) is 135 Å². The van der Waals surface area contributed by atoms with Crippen molar-refractivity contribution in [1.82, 2.24) is 0 Å². The third kappa shape index (κ3) is 24.2. The maximum absolute atomic E-state index is 11.2. The molecule has 0 bridgehead atoms. The summed E-state index contributed by atoms with van der Waals surface area (Å²) >= 11 is 0. The molecule has 2 N–H and O–H groups in total. The second-order valence-electron chi connectivity index (χ2n) is 10.8. The number of quaternary nitrogens is 1. The van der Waals surface area contributed by atoms with E-state index >= 15 is 0 Å². The first kappa shape index (κ1) is 35.1. The van der Waals surface area contributed by atoms with Crippen molar-refractivity contribution in [3.8, 4) is 0 Å². The van der Waals surface area contributed by atoms with E-state index in [4.69, 9.17) is 10.2 Å². The molecule has 0 heterocycles. The van der Waals surface area contributed by atoms with E-state index < -0.39 is 42.0 Å². The van der Waals surface area contributed by atoms with Crippen LogP contribution in [0.25, 0.3) is 0 Å². The number of carboxylic acids is 3. The molecule has 0 aromatic carbocycles. The van der Waals surface area contributed by atoms with Crippen LogP contribution in [0.5, 0.6) is 0 Å². The number of hydrogen-bond acceptors (Lipinski definition) is 4. The highest BCUT2D eigenvalue weighted by Crippen LogP contribution is 2.16. The first-order valence-electron chi connectivity index (χ1n) is 14.9. The molecule has 0 aliphatic rings. The maximum atomic E-state index is 11.2. The maximum Gasteiger partial charge on any atom is 0.359 e. The van der Waals surface area contributed by atoms with E-state index in [0.29, 0.717) is 6.42 Å². The lowest BCUT2D eigenvalue weighted by atomic mass is 10.0. The van der Waals surface area contributed by atoms with Gasteiger partial charge in [0.1, 0.15) is 6.54 Å². The topological polar surface area (TPSA) is 115 Å². The van der Waals surface area contributed by atoms with Crippen molar-refractivity contribution in [3.63, 3.8) is 0 Å². The van der Waals surface area contributed by atoms with Crippen molar-refractivity contribution >= 4 is 17.9 Å². The zero-order valence-corrected chi connectivity index (χ0v) is 23.6. The van der Waals surface area contributed by atoms with Crippen LogP contribution in [0, 0.1) is 0 Å². The van der Waals surface area contributed by atoms with Gasteiger partial charge in [0.2, 0.25) is 0 Å². The summed E-state index contributed by atoms with van der Waals surface area (Å²) in [6.45, 7) is 0.841. The number of unbranched alkanes of at least 4 members (excludes halogenated alkanes) is 18. The van der Waals surface area contributed by atoms with Crippen molar-refractivity contribution < 1.29 is 34.2 Å². The normalized spacial score (nSPS) is 11.8. The zero-order chi connectivity index (χ0) is 27.6. The van der Waals surface area contributed by atoms with Gasteiger partial charge >= 0.3 is 11.9 Å². The highest BCUT2D eigenvalue weighted by molar-refractivity contribution is 5.72. The molecule has 0 aromatic heterocycles. The molecule has 7 nitrogen and oxygen atoms in total. The standard InChI is InChI=1S/C30H55NO6/c1-2-3-4-5-6-7-8-9-10-11-12-13-14-15-16-17-18-19-20-21-22-23-24-31(25-28(32)33,26-29(34)35)27-30(36)37/h5-6H,2-4,7-27H2,1H3,(H2-,32,33,34,35,36,37)/b6-5+. The van der Waals surface area contributed by atoms with Gasteiger partial charge in [-0.05, 0) is 32.1 Å². The van der Waals surface area contributed by atoms with Gasteiger partial charge in [-0.2, -0.15) is 0 Å². The van der Waals surface area contributed by atoms with Gasteiger partial charge in [0.25, 0.3) is 0 Å². The number of allylic oxidation sites excluding steroid dienone is 2. The summed E-state index contributed by atoms with van der Waals surface area (Å²) in [5, 5.41) is 29.3. The number of aliphatic carboxylic acids is 3. The number of nitrogens with zero attached hydrogens (tertiary/aromatic N) is 1. The molecule has 0 saturated heterocycles. The van der Waals surface area contributed by atoms with E-state index in [1.165, 1.54) is 103 Å². The second-order valence-corrected chi connectivity index (χ2v) is 10.8. The molecule has 7 heteroatoms.